The molecule has 27 heavy (non-hydrogen) atoms. The molecule has 1 unspecified atom stereocenters. The SMILES string of the molecule is CC1=NC(SOC(=O)c2c(C)[nH]c3ccccc23)c2c(sc3c2CCC3)N1. The van der Waals surface area contributed by atoms with Crippen molar-refractivity contribution in [3.8, 4) is 0 Å². The summed E-state index contributed by atoms with van der Waals surface area (Å²) >= 11 is 2.97. The number of aromatic nitrogens is 1. The van der Waals surface area contributed by atoms with Crippen LogP contribution >= 0.6 is 23.4 Å². The molecule has 5 rings (SSSR count). The fraction of sp³-hybridized carbons (Fsp3) is 0.300. The Hall–Kier alpha value is -2.25. The number of aryl methyl sites for hydroxylation is 2. The van der Waals surface area contributed by atoms with Crippen molar-refractivity contribution in [2.75, 3.05) is 5.32 Å². The molecule has 5 nitrogen and oxygen atoms in total. The number of hydrogen-bond donors (Lipinski definition) is 2. The second kappa shape index (κ2) is 6.42. The molecule has 3 heterocycles. The van der Waals surface area contributed by atoms with Gasteiger partial charge in [-0.1, -0.05) is 18.2 Å². The van der Waals surface area contributed by atoms with E-state index in [4.69, 9.17) is 9.18 Å². The van der Waals surface area contributed by atoms with E-state index in [1.165, 1.54) is 22.4 Å². The van der Waals surface area contributed by atoms with Gasteiger partial charge in [0, 0.05) is 27.0 Å². The number of aromatic amines is 1. The highest BCUT2D eigenvalue weighted by Crippen LogP contribution is 2.49. The number of H-pyrrole nitrogens is 1. The quantitative estimate of drug-likeness (QED) is 0.583. The summed E-state index contributed by atoms with van der Waals surface area (Å²) in [5.74, 6) is 0.536. The summed E-state index contributed by atoms with van der Waals surface area (Å²) in [6.45, 7) is 3.85. The molecule has 1 aliphatic carbocycles. The first-order chi connectivity index (χ1) is 13.1. The number of para-hydroxylation sites is 1. The van der Waals surface area contributed by atoms with Gasteiger partial charge in [-0.05, 0) is 44.7 Å². The zero-order valence-corrected chi connectivity index (χ0v) is 16.7. The molecular weight excluding hydrogens is 378 g/mol. The number of rotatable bonds is 3. The molecule has 2 aromatic heterocycles. The first-order valence-electron chi connectivity index (χ1n) is 9.02. The summed E-state index contributed by atoms with van der Waals surface area (Å²) in [6, 6.07) is 7.79. The molecule has 1 aliphatic heterocycles. The average Bonchev–Trinajstić information content (AvgIpc) is 3.30. The highest BCUT2D eigenvalue weighted by atomic mass is 32.2. The van der Waals surface area contributed by atoms with Crippen molar-refractivity contribution in [2.45, 2.75) is 38.5 Å². The number of nitrogens with one attached hydrogen (secondary N) is 2. The van der Waals surface area contributed by atoms with E-state index >= 15 is 0 Å². The molecule has 2 N–H and O–H groups in total. The van der Waals surface area contributed by atoms with Gasteiger partial charge in [-0.25, -0.2) is 4.79 Å². The van der Waals surface area contributed by atoms with E-state index < -0.39 is 0 Å². The van der Waals surface area contributed by atoms with Crippen molar-refractivity contribution >= 4 is 51.1 Å². The number of benzene rings is 1. The Morgan fingerprint density at radius 2 is 2.15 bits per heavy atom. The number of hydrogen-bond acceptors (Lipinski definition) is 6. The number of carbonyl (C=O) groups is 1. The summed E-state index contributed by atoms with van der Waals surface area (Å²) in [6.07, 6.45) is 3.42. The molecule has 1 atom stereocenters. The van der Waals surface area contributed by atoms with Crippen molar-refractivity contribution in [3.05, 3.63) is 51.5 Å². The average molecular weight is 398 g/mol. The topological polar surface area (TPSA) is 66.5 Å². The second-order valence-electron chi connectivity index (χ2n) is 6.93. The van der Waals surface area contributed by atoms with Gasteiger partial charge < -0.3 is 14.5 Å². The molecule has 1 aromatic carbocycles. The van der Waals surface area contributed by atoms with Crippen LogP contribution in [0.25, 0.3) is 10.9 Å². The number of fused-ring (bicyclic) bond motifs is 4. The minimum absolute atomic E-state index is 0.200. The molecule has 0 amide bonds. The van der Waals surface area contributed by atoms with Gasteiger partial charge in [-0.2, -0.15) is 0 Å². The van der Waals surface area contributed by atoms with Crippen LogP contribution in [-0.4, -0.2) is 16.8 Å². The predicted octanol–water partition coefficient (Wildman–Crippen LogP) is 5.37. The molecule has 0 fully saturated rings. The van der Waals surface area contributed by atoms with E-state index in [9.17, 15) is 4.79 Å². The molecule has 0 bridgehead atoms. The maximum atomic E-state index is 12.8. The normalized spacial score (nSPS) is 18.0. The van der Waals surface area contributed by atoms with Gasteiger partial charge in [0.1, 0.15) is 10.8 Å². The van der Waals surface area contributed by atoms with E-state index in [2.05, 4.69) is 10.3 Å². The lowest BCUT2D eigenvalue weighted by molar-refractivity contribution is 0.0768. The van der Waals surface area contributed by atoms with Gasteiger partial charge in [-0.15, -0.1) is 11.3 Å². The number of aliphatic imine (C=N–C) groups is 1. The van der Waals surface area contributed by atoms with Gasteiger partial charge >= 0.3 is 5.97 Å². The number of anilines is 1. The summed E-state index contributed by atoms with van der Waals surface area (Å²) in [4.78, 5) is 22.2. The Balaban J connectivity index is 1.42. The number of amidine groups is 1. The lowest BCUT2D eigenvalue weighted by Gasteiger charge is -2.20. The monoisotopic (exact) mass is 397 g/mol. The molecule has 138 valence electrons. The highest BCUT2D eigenvalue weighted by Gasteiger charge is 2.32. The number of nitrogens with zero attached hydrogens (tertiary/aromatic N) is 1. The van der Waals surface area contributed by atoms with E-state index in [1.54, 1.807) is 0 Å². The molecule has 3 aromatic rings. The zero-order valence-electron chi connectivity index (χ0n) is 15.1. The van der Waals surface area contributed by atoms with Gasteiger partial charge in [-0.3, -0.25) is 4.99 Å². The van der Waals surface area contributed by atoms with Crippen molar-refractivity contribution in [1.29, 1.82) is 0 Å². The Kier molecular flexibility index (Phi) is 4.02. The first kappa shape index (κ1) is 16.9. The van der Waals surface area contributed by atoms with Crippen LogP contribution < -0.4 is 5.32 Å². The number of carbonyl (C=O) groups excluding carboxylic acids is 1. The largest absolute Gasteiger partial charge is 0.385 e. The van der Waals surface area contributed by atoms with Crippen LogP contribution in [0.4, 0.5) is 5.00 Å². The van der Waals surface area contributed by atoms with Crippen LogP contribution in [-0.2, 0) is 17.0 Å². The molecule has 0 saturated heterocycles. The Morgan fingerprint density at radius 3 is 3.04 bits per heavy atom. The second-order valence-corrected chi connectivity index (χ2v) is 8.84. The molecule has 0 saturated carbocycles. The summed E-state index contributed by atoms with van der Waals surface area (Å²) in [7, 11) is 0. The summed E-state index contributed by atoms with van der Waals surface area (Å²) < 4.78 is 5.68. The molecular formula is C20H19N3O2S2. The predicted molar refractivity (Wildman–Crippen MR) is 112 cm³/mol. The van der Waals surface area contributed by atoms with Gasteiger partial charge in [0.05, 0.1) is 17.6 Å². The third-order valence-electron chi connectivity index (χ3n) is 5.13. The Bertz CT molecular complexity index is 1100. The maximum absolute atomic E-state index is 12.8. The van der Waals surface area contributed by atoms with Gasteiger partial charge in [0.15, 0.2) is 5.37 Å². The van der Waals surface area contributed by atoms with E-state index in [0.29, 0.717) is 5.56 Å². The highest BCUT2D eigenvalue weighted by molar-refractivity contribution is 7.95. The number of thiophene rings is 1. The minimum atomic E-state index is -0.324. The molecule has 0 radical (unpaired) electrons. The van der Waals surface area contributed by atoms with Crippen molar-refractivity contribution < 1.29 is 8.98 Å². The van der Waals surface area contributed by atoms with Crippen LogP contribution in [0.2, 0.25) is 0 Å². The molecule has 7 heteroatoms. The van der Waals surface area contributed by atoms with Gasteiger partial charge in [0.2, 0.25) is 0 Å². The Labute approximate surface area is 165 Å². The fourth-order valence-electron chi connectivity index (χ4n) is 3.96. The third kappa shape index (κ3) is 2.76. The first-order valence-corrected chi connectivity index (χ1v) is 10.6. The third-order valence-corrected chi connectivity index (χ3v) is 7.12. The van der Waals surface area contributed by atoms with Crippen molar-refractivity contribution in [2.24, 2.45) is 4.99 Å². The lowest BCUT2D eigenvalue weighted by Crippen LogP contribution is -2.16. The summed E-state index contributed by atoms with van der Waals surface area (Å²) in [5, 5.41) is 5.23. The zero-order chi connectivity index (χ0) is 18.5. The van der Waals surface area contributed by atoms with Gasteiger partial charge in [0.25, 0.3) is 0 Å². The molecule has 2 aliphatic rings. The standard InChI is InChI=1S/C20H19N3O2S2/c1-10-16(12-6-3-4-8-14(12)21-10)20(24)25-27-19-17-13-7-5-9-15(13)26-18(17)22-11(2)23-19/h3-4,6,8,19,21H,5,7,9H2,1-2H3,(H,22,23). The lowest BCUT2D eigenvalue weighted by atomic mass is 10.1. The van der Waals surface area contributed by atoms with Crippen LogP contribution in [0.1, 0.15) is 50.8 Å². The van der Waals surface area contributed by atoms with E-state index in [1.807, 2.05) is 49.4 Å². The van der Waals surface area contributed by atoms with Crippen LogP contribution in [0.5, 0.6) is 0 Å². The van der Waals surface area contributed by atoms with Crippen molar-refractivity contribution in [3.63, 3.8) is 0 Å². The van der Waals surface area contributed by atoms with E-state index in [0.717, 1.165) is 52.3 Å². The van der Waals surface area contributed by atoms with Crippen LogP contribution in [0.15, 0.2) is 29.3 Å². The minimum Gasteiger partial charge on any atom is -0.385 e. The summed E-state index contributed by atoms with van der Waals surface area (Å²) in [5.41, 5.74) is 4.97. The maximum Gasteiger partial charge on any atom is 0.352 e. The van der Waals surface area contributed by atoms with E-state index in [-0.39, 0.29) is 11.3 Å². The Morgan fingerprint density at radius 1 is 1.30 bits per heavy atom. The fourth-order valence-corrected chi connectivity index (χ4v) is 6.23. The van der Waals surface area contributed by atoms with Crippen LogP contribution in [0, 0.1) is 6.92 Å². The smallest absolute Gasteiger partial charge is 0.352 e. The molecule has 0 spiro atoms. The van der Waals surface area contributed by atoms with Crippen LogP contribution in [0.3, 0.4) is 0 Å². The van der Waals surface area contributed by atoms with Crippen molar-refractivity contribution in [1.82, 2.24) is 4.98 Å².